The van der Waals surface area contributed by atoms with Gasteiger partial charge in [-0.2, -0.15) is 0 Å². The van der Waals surface area contributed by atoms with Gasteiger partial charge in [0.1, 0.15) is 5.75 Å². The number of fused-ring (bicyclic) bond motifs is 4. The van der Waals surface area contributed by atoms with Crippen LogP contribution in [0, 0.1) is 5.41 Å². The monoisotopic (exact) mass is 438 g/mol. The summed E-state index contributed by atoms with van der Waals surface area (Å²) in [7, 11) is 1.51. The molecule has 0 amide bonds. The first-order valence-electron chi connectivity index (χ1n) is 12.4. The van der Waals surface area contributed by atoms with Gasteiger partial charge in [0.2, 0.25) is 0 Å². The summed E-state index contributed by atoms with van der Waals surface area (Å²) >= 11 is 0. The summed E-state index contributed by atoms with van der Waals surface area (Å²) < 4.78 is 11.0. The number of nitrogens with one attached hydrogen (secondary N) is 1. The second-order valence-electron chi connectivity index (χ2n) is 9.83. The number of nitrogens with zero attached hydrogens (tertiary/aromatic N) is 1. The zero-order chi connectivity index (χ0) is 22.4. The zero-order valence-corrected chi connectivity index (χ0v) is 19.8. The molecule has 2 aromatic rings. The van der Waals surface area contributed by atoms with E-state index in [1.807, 2.05) is 6.07 Å². The number of esters is 1. The van der Waals surface area contributed by atoms with Crippen molar-refractivity contribution in [2.75, 3.05) is 13.7 Å². The second kappa shape index (κ2) is 10.2. The maximum absolute atomic E-state index is 12.2. The van der Waals surface area contributed by atoms with Crippen LogP contribution < -0.4 is 10.1 Å². The Morgan fingerprint density at radius 3 is 2.47 bits per heavy atom. The topological polar surface area (TPSA) is 60.5 Å². The number of rotatable bonds is 11. The third-order valence-electron chi connectivity index (χ3n) is 7.74. The van der Waals surface area contributed by atoms with Gasteiger partial charge in [0.05, 0.1) is 30.3 Å². The molecular weight excluding hydrogens is 400 g/mol. The molecule has 1 N–H and O–H groups in total. The lowest BCUT2D eigenvalue weighted by atomic mass is 9.57. The van der Waals surface area contributed by atoms with Crippen LogP contribution in [-0.2, 0) is 16.1 Å². The van der Waals surface area contributed by atoms with Crippen molar-refractivity contribution >= 4 is 16.9 Å². The highest BCUT2D eigenvalue weighted by atomic mass is 16.5. The van der Waals surface area contributed by atoms with Crippen molar-refractivity contribution in [3.05, 3.63) is 36.0 Å². The van der Waals surface area contributed by atoms with Crippen molar-refractivity contribution in [1.82, 2.24) is 10.3 Å². The van der Waals surface area contributed by atoms with Gasteiger partial charge in [0.15, 0.2) is 0 Å². The van der Waals surface area contributed by atoms with Gasteiger partial charge in [-0.25, -0.2) is 0 Å². The lowest BCUT2D eigenvalue weighted by Gasteiger charge is -2.52. The summed E-state index contributed by atoms with van der Waals surface area (Å²) in [4.78, 5) is 17.1. The number of aromatic nitrogens is 1. The molecule has 5 rings (SSSR count). The molecule has 0 spiro atoms. The van der Waals surface area contributed by atoms with Crippen LogP contribution in [0.2, 0.25) is 0 Å². The van der Waals surface area contributed by atoms with Crippen LogP contribution in [-0.4, -0.2) is 30.2 Å². The fourth-order valence-corrected chi connectivity index (χ4v) is 5.48. The first-order valence-corrected chi connectivity index (χ1v) is 12.4. The number of unbranched alkanes of at least 4 members (excludes halogenated alkanes) is 4. The molecule has 5 nitrogen and oxygen atoms in total. The molecule has 1 heterocycles. The van der Waals surface area contributed by atoms with Gasteiger partial charge in [0.25, 0.3) is 0 Å². The van der Waals surface area contributed by atoms with Crippen LogP contribution in [0.3, 0.4) is 0 Å². The largest absolute Gasteiger partial charge is 0.494 e. The second-order valence-corrected chi connectivity index (χ2v) is 9.83. The molecule has 3 aliphatic rings. The Bertz CT molecular complexity index is 902. The molecule has 2 bridgehead atoms. The molecular formula is C27H38N2O3. The quantitative estimate of drug-likeness (QED) is 0.347. The summed E-state index contributed by atoms with van der Waals surface area (Å²) in [5.41, 5.74) is 1.98. The Morgan fingerprint density at radius 1 is 1.00 bits per heavy atom. The molecule has 174 valence electrons. The Hall–Kier alpha value is -2.14. The number of carbonyl (C=O) groups excluding carboxylic acids is 1. The minimum absolute atomic E-state index is 0.0122. The Morgan fingerprint density at radius 2 is 1.75 bits per heavy atom. The molecule has 0 aliphatic heterocycles. The van der Waals surface area contributed by atoms with Crippen molar-refractivity contribution in [2.24, 2.45) is 5.41 Å². The molecule has 0 radical (unpaired) electrons. The van der Waals surface area contributed by atoms with Crippen LogP contribution in [0.15, 0.2) is 30.3 Å². The summed E-state index contributed by atoms with van der Waals surface area (Å²) in [6.45, 7) is 3.78. The number of benzene rings is 1. The SMILES string of the molecule is CCCCCCCOc1ccc2nc(CNC34CCC(C(=O)OC)(CC3)CC4)ccc2c1. The van der Waals surface area contributed by atoms with E-state index < -0.39 is 0 Å². The first-order chi connectivity index (χ1) is 15.6. The maximum Gasteiger partial charge on any atom is 0.311 e. The Kier molecular flexibility index (Phi) is 7.34. The van der Waals surface area contributed by atoms with E-state index in [1.165, 1.54) is 32.8 Å². The fraction of sp³-hybridized carbons (Fsp3) is 0.630. The number of hydrogen-bond donors (Lipinski definition) is 1. The predicted octanol–water partition coefficient (Wildman–Crippen LogP) is 5.94. The van der Waals surface area contributed by atoms with E-state index in [4.69, 9.17) is 14.5 Å². The average Bonchev–Trinajstić information content (AvgIpc) is 2.85. The van der Waals surface area contributed by atoms with E-state index >= 15 is 0 Å². The third-order valence-corrected chi connectivity index (χ3v) is 7.74. The summed E-state index contributed by atoms with van der Waals surface area (Å²) in [5.74, 6) is 0.917. The molecule has 5 heteroatoms. The van der Waals surface area contributed by atoms with Crippen molar-refractivity contribution < 1.29 is 14.3 Å². The highest BCUT2D eigenvalue weighted by Gasteiger charge is 2.52. The van der Waals surface area contributed by atoms with E-state index in [9.17, 15) is 4.79 Å². The number of ether oxygens (including phenoxy) is 2. The van der Waals surface area contributed by atoms with Gasteiger partial charge in [0, 0.05) is 17.5 Å². The van der Waals surface area contributed by atoms with Gasteiger partial charge in [-0.3, -0.25) is 9.78 Å². The summed E-state index contributed by atoms with van der Waals surface area (Å²) in [6.07, 6.45) is 12.1. The Balaban J connectivity index is 1.30. The first kappa shape index (κ1) is 23.0. The Labute approximate surface area is 192 Å². The van der Waals surface area contributed by atoms with Crippen LogP contribution in [0.1, 0.15) is 83.2 Å². The summed E-state index contributed by atoms with van der Waals surface area (Å²) in [5, 5.41) is 4.92. The number of methoxy groups -OCH3 is 1. The van der Waals surface area contributed by atoms with E-state index in [1.54, 1.807) is 0 Å². The van der Waals surface area contributed by atoms with E-state index in [-0.39, 0.29) is 16.9 Å². The third kappa shape index (κ3) is 5.09. The number of carbonyl (C=O) groups is 1. The van der Waals surface area contributed by atoms with Crippen molar-refractivity contribution in [1.29, 1.82) is 0 Å². The molecule has 1 aromatic carbocycles. The van der Waals surface area contributed by atoms with Gasteiger partial charge in [-0.05, 0) is 69.2 Å². The average molecular weight is 439 g/mol. The van der Waals surface area contributed by atoms with Crippen LogP contribution in [0.4, 0.5) is 0 Å². The van der Waals surface area contributed by atoms with Gasteiger partial charge < -0.3 is 14.8 Å². The van der Waals surface area contributed by atoms with E-state index in [2.05, 4.69) is 36.5 Å². The van der Waals surface area contributed by atoms with Crippen molar-refractivity contribution in [2.45, 2.75) is 89.6 Å². The van der Waals surface area contributed by atoms with Gasteiger partial charge in [-0.1, -0.05) is 38.7 Å². The minimum atomic E-state index is -0.228. The standard InChI is InChI=1S/C27H38N2O3/c1-3-4-5-6-7-18-32-23-10-11-24-21(19-23)8-9-22(29-24)20-28-27-15-12-26(13-16-27,14-17-27)25(30)31-2/h8-11,19,28H,3-7,12-18,20H2,1-2H3. The molecule has 3 aliphatic carbocycles. The van der Waals surface area contributed by atoms with Crippen LogP contribution in [0.25, 0.3) is 10.9 Å². The number of pyridine rings is 1. The number of hydrogen-bond acceptors (Lipinski definition) is 5. The van der Waals surface area contributed by atoms with Crippen molar-refractivity contribution in [3.63, 3.8) is 0 Å². The highest BCUT2D eigenvalue weighted by molar-refractivity contribution is 5.80. The summed E-state index contributed by atoms with van der Waals surface area (Å²) in [6, 6.07) is 10.5. The predicted molar refractivity (Wildman–Crippen MR) is 128 cm³/mol. The molecule has 0 atom stereocenters. The lowest BCUT2D eigenvalue weighted by molar-refractivity contribution is -0.160. The van der Waals surface area contributed by atoms with Crippen LogP contribution in [0.5, 0.6) is 5.75 Å². The molecule has 3 fully saturated rings. The molecule has 0 unspecified atom stereocenters. The smallest absolute Gasteiger partial charge is 0.311 e. The molecule has 0 saturated heterocycles. The van der Waals surface area contributed by atoms with Crippen LogP contribution >= 0.6 is 0 Å². The van der Waals surface area contributed by atoms with Gasteiger partial charge >= 0.3 is 5.97 Å². The van der Waals surface area contributed by atoms with E-state index in [0.717, 1.165) is 80.4 Å². The highest BCUT2D eigenvalue weighted by Crippen LogP contribution is 2.52. The van der Waals surface area contributed by atoms with Gasteiger partial charge in [-0.15, -0.1) is 0 Å². The molecule has 1 aromatic heterocycles. The normalized spacial score (nSPS) is 24.6. The van der Waals surface area contributed by atoms with Crippen molar-refractivity contribution in [3.8, 4) is 5.75 Å². The molecule has 32 heavy (non-hydrogen) atoms. The zero-order valence-electron chi connectivity index (χ0n) is 19.8. The van der Waals surface area contributed by atoms with E-state index in [0.29, 0.717) is 0 Å². The minimum Gasteiger partial charge on any atom is -0.494 e. The maximum atomic E-state index is 12.2. The molecule has 3 saturated carbocycles. The lowest BCUT2D eigenvalue weighted by Crippen LogP contribution is -2.56. The fourth-order valence-electron chi connectivity index (χ4n) is 5.48.